The van der Waals surface area contributed by atoms with Crippen LogP contribution < -0.4 is 37.6 Å². The fraction of sp³-hybridized carbons (Fsp3) is 0.565. The van der Waals surface area contributed by atoms with Crippen LogP contribution in [0.15, 0.2) is 85.1 Å². The Labute approximate surface area is 552 Å². The SMILES string of the molecule is CC[C@H](C)[C@@H]([C@@H](CC(=O)N1CCC[C@H]1[C@H](OC)[C@@H](C)C(=O)N[C@H](C)Cc1ccccc1)OC)N(C)C(=O)[C@@H](NC(=O)[C@H](C(C)C)N(C)C(=O)OCc1ccc(NC(=O)[C@H](CCCNC(N)=O)NC(=O)[C@@H](Cc2c[nH]c3ccccc23)NC(=O)CCCC(=O)O)cc1)C(C)C. The van der Waals surface area contributed by atoms with Gasteiger partial charge in [-0.25, -0.2) is 9.59 Å². The lowest BCUT2D eigenvalue weighted by Crippen LogP contribution is -2.60. The van der Waals surface area contributed by atoms with E-state index in [9.17, 15) is 47.9 Å². The molecular weight excluding hydrogens is 1210 g/mol. The van der Waals surface area contributed by atoms with Gasteiger partial charge in [0.25, 0.3) is 0 Å². The van der Waals surface area contributed by atoms with Gasteiger partial charge in [-0.05, 0) is 98.1 Å². The first-order valence-corrected chi connectivity index (χ1v) is 32.6. The number of carbonyl (C=O) groups excluding carboxylic acids is 9. The molecule has 1 aliphatic heterocycles. The number of H-pyrrole nitrogens is 1. The maximum absolute atomic E-state index is 14.8. The summed E-state index contributed by atoms with van der Waals surface area (Å²) in [7, 11) is 6.16. The molecule has 0 radical (unpaired) electrons. The molecule has 94 heavy (non-hydrogen) atoms. The van der Waals surface area contributed by atoms with E-state index < -0.39 is 108 Å². The van der Waals surface area contributed by atoms with Crippen molar-refractivity contribution in [2.24, 2.45) is 29.4 Å². The predicted molar refractivity (Wildman–Crippen MR) is 356 cm³/mol. The second kappa shape index (κ2) is 37.3. The average Bonchev–Trinajstić information content (AvgIpc) is 1.44. The van der Waals surface area contributed by atoms with Gasteiger partial charge in [0.1, 0.15) is 30.8 Å². The second-order valence-corrected chi connectivity index (χ2v) is 25.4. The second-order valence-electron chi connectivity index (χ2n) is 25.4. The maximum Gasteiger partial charge on any atom is 0.410 e. The summed E-state index contributed by atoms with van der Waals surface area (Å²) in [5.74, 6) is -5.87. The van der Waals surface area contributed by atoms with E-state index in [1.165, 1.54) is 19.1 Å². The molecule has 0 bridgehead atoms. The van der Waals surface area contributed by atoms with Gasteiger partial charge in [0.05, 0.1) is 36.6 Å². The van der Waals surface area contributed by atoms with Gasteiger partial charge in [-0.15, -0.1) is 0 Å². The topological polar surface area (TPSA) is 342 Å². The van der Waals surface area contributed by atoms with E-state index in [1.807, 2.05) is 96.1 Å². The van der Waals surface area contributed by atoms with Crippen LogP contribution in [-0.2, 0) is 72.0 Å². The van der Waals surface area contributed by atoms with Gasteiger partial charge >= 0.3 is 18.1 Å². The highest BCUT2D eigenvalue weighted by molar-refractivity contribution is 5.99. The summed E-state index contributed by atoms with van der Waals surface area (Å²) in [6, 6.07) is 17.3. The molecule has 1 aliphatic rings. The third-order valence-electron chi connectivity index (χ3n) is 17.6. The highest BCUT2D eigenvalue weighted by atomic mass is 16.6. The third kappa shape index (κ3) is 22.3. The van der Waals surface area contributed by atoms with Crippen molar-refractivity contribution in [3.63, 3.8) is 0 Å². The Morgan fingerprint density at radius 2 is 1.40 bits per heavy atom. The smallest absolute Gasteiger partial charge is 0.410 e. The molecule has 516 valence electrons. The van der Waals surface area contributed by atoms with E-state index in [1.54, 1.807) is 68.3 Å². The number of aromatic nitrogens is 1. The maximum atomic E-state index is 14.8. The van der Waals surface area contributed by atoms with Gasteiger partial charge in [0.15, 0.2) is 0 Å². The van der Waals surface area contributed by atoms with Crippen LogP contribution in [0.4, 0.5) is 15.3 Å². The normalized spacial score (nSPS) is 16.2. The fourth-order valence-electron chi connectivity index (χ4n) is 12.3. The molecule has 5 rings (SSSR count). The number of hydrogen-bond donors (Lipinski definition) is 9. The van der Waals surface area contributed by atoms with Crippen molar-refractivity contribution in [3.05, 3.63) is 102 Å². The van der Waals surface area contributed by atoms with E-state index in [4.69, 9.17) is 25.1 Å². The molecule has 10 N–H and O–H groups in total. The lowest BCUT2D eigenvalue weighted by atomic mass is 9.89. The number of benzene rings is 3. The number of carboxylic acids is 1. The molecule has 0 spiro atoms. The van der Waals surface area contributed by atoms with Crippen molar-refractivity contribution < 1.29 is 67.3 Å². The number of anilines is 1. The monoisotopic (exact) mass is 1310 g/mol. The minimum atomic E-state index is -1.18. The van der Waals surface area contributed by atoms with Gasteiger partial charge in [0, 0.05) is 89.5 Å². The fourth-order valence-corrected chi connectivity index (χ4v) is 12.3. The van der Waals surface area contributed by atoms with Crippen LogP contribution in [0.25, 0.3) is 10.9 Å². The molecule has 1 saturated heterocycles. The minimum Gasteiger partial charge on any atom is -0.481 e. The van der Waals surface area contributed by atoms with E-state index in [-0.39, 0.29) is 87.9 Å². The Kier molecular flexibility index (Phi) is 30.2. The molecule has 11 atom stereocenters. The van der Waals surface area contributed by atoms with Crippen molar-refractivity contribution in [2.45, 2.75) is 187 Å². The zero-order valence-electron chi connectivity index (χ0n) is 56.7. The van der Waals surface area contributed by atoms with Crippen LogP contribution in [0.3, 0.4) is 0 Å². The number of nitrogens with zero attached hydrogens (tertiary/aromatic N) is 3. The summed E-state index contributed by atoms with van der Waals surface area (Å²) in [5.41, 5.74) is 8.73. The number of rotatable bonds is 37. The number of likely N-dealkylation sites (N-methyl/N-ethyl adjacent to an activating group) is 2. The van der Waals surface area contributed by atoms with Gasteiger partial charge in [-0.2, -0.15) is 0 Å². The van der Waals surface area contributed by atoms with Crippen molar-refractivity contribution in [1.29, 1.82) is 0 Å². The number of carboxylic acid groups (broad SMARTS) is 1. The number of ether oxygens (including phenoxy) is 3. The number of para-hydroxylation sites is 1. The largest absolute Gasteiger partial charge is 0.481 e. The highest BCUT2D eigenvalue weighted by Crippen LogP contribution is 2.30. The molecule has 1 aromatic heterocycles. The highest BCUT2D eigenvalue weighted by Gasteiger charge is 2.44. The molecule has 0 aliphatic carbocycles. The number of aromatic amines is 1. The van der Waals surface area contributed by atoms with Gasteiger partial charge in [-0.1, -0.05) is 116 Å². The Morgan fingerprint density at radius 1 is 0.723 bits per heavy atom. The summed E-state index contributed by atoms with van der Waals surface area (Å²) < 4.78 is 17.8. The number of aliphatic carboxylic acids is 1. The summed E-state index contributed by atoms with van der Waals surface area (Å²) >= 11 is 0. The number of amides is 10. The molecule has 25 nitrogen and oxygen atoms in total. The number of likely N-dealkylation sites (tertiary alicyclic amines) is 1. The number of hydrogen-bond acceptors (Lipinski definition) is 13. The number of urea groups is 1. The first-order chi connectivity index (χ1) is 44.7. The van der Waals surface area contributed by atoms with E-state index in [0.717, 1.165) is 22.9 Å². The molecule has 2 heterocycles. The summed E-state index contributed by atoms with van der Waals surface area (Å²) in [4.78, 5) is 143. The van der Waals surface area contributed by atoms with Crippen LogP contribution in [0.2, 0.25) is 0 Å². The van der Waals surface area contributed by atoms with E-state index >= 15 is 0 Å². The molecule has 4 aromatic rings. The summed E-state index contributed by atoms with van der Waals surface area (Å²) in [6.45, 7) is 15.2. The number of nitrogens with one attached hydrogen (secondary N) is 7. The molecule has 0 saturated carbocycles. The van der Waals surface area contributed by atoms with Crippen LogP contribution in [0.5, 0.6) is 0 Å². The Hall–Kier alpha value is -8.58. The van der Waals surface area contributed by atoms with E-state index in [0.29, 0.717) is 42.6 Å². The number of methoxy groups -OCH3 is 2. The molecule has 25 heteroatoms. The molecule has 1 fully saturated rings. The van der Waals surface area contributed by atoms with Gasteiger partial charge in [-0.3, -0.25) is 43.3 Å². The number of primary amides is 1. The zero-order valence-corrected chi connectivity index (χ0v) is 56.7. The molecule has 10 amide bonds. The summed E-state index contributed by atoms with van der Waals surface area (Å²) in [6.07, 6.45) is 2.11. The number of nitrogens with two attached hydrogens (primary N) is 1. The molecular formula is C69H101N11O14. The minimum absolute atomic E-state index is 0.0319. The van der Waals surface area contributed by atoms with Crippen LogP contribution >= 0.6 is 0 Å². The number of carbonyl (C=O) groups is 10. The molecule has 3 aromatic carbocycles. The third-order valence-corrected chi connectivity index (χ3v) is 17.6. The Balaban J connectivity index is 1.22. The summed E-state index contributed by atoms with van der Waals surface area (Å²) in [5, 5.41) is 26.8. The van der Waals surface area contributed by atoms with Gasteiger partial charge in [0.2, 0.25) is 41.4 Å². The Morgan fingerprint density at radius 3 is 2.03 bits per heavy atom. The van der Waals surface area contributed by atoms with Crippen molar-refractivity contribution >= 4 is 76.0 Å². The van der Waals surface area contributed by atoms with Crippen molar-refractivity contribution in [1.82, 2.24) is 46.3 Å². The lowest BCUT2D eigenvalue weighted by molar-refractivity contribution is -0.148. The standard InChI is InChI=1S/C69H101N11O14/c1-13-43(6)61(55(92-11)38-57(82)80-35-21-27-54(80)62(93-12)45(8)63(85)73-44(7)36-46-22-15-14-16-23-46)78(9)67(89)59(41(2)3)77-66(88)60(42(4)5)79(10)69(91)94-40-47-30-32-49(33-31-47)74-64(86)52(26-20-34-71-68(70)90)76-65(87)53(75-56(81)28-19-29-58(83)84)37-48-39-72-51-25-18-17-24-50(48)51/h14-18,22-25,30-33,39,41-45,52-55,59-62,72H,13,19-21,26-29,34-38,40H2,1-12H3,(H,73,85)(H,74,86)(H,75,81)(H,76,87)(H,77,88)(H,83,84)(H3,70,71,90)/t43-,44+,45+,52-,53+,54-,55+,59-,60-,61-,62+/m0/s1. The lowest BCUT2D eigenvalue weighted by Gasteiger charge is -2.41. The van der Waals surface area contributed by atoms with Gasteiger partial charge < -0.3 is 71.7 Å². The van der Waals surface area contributed by atoms with Crippen LogP contribution in [0, 0.1) is 23.7 Å². The first-order valence-electron chi connectivity index (χ1n) is 32.6. The average molecular weight is 1310 g/mol. The Bertz CT molecular complexity index is 3160. The van der Waals surface area contributed by atoms with Crippen molar-refractivity contribution in [2.75, 3.05) is 46.7 Å². The van der Waals surface area contributed by atoms with E-state index in [2.05, 4.69) is 36.9 Å². The zero-order chi connectivity index (χ0) is 69.3. The molecule has 0 unspecified atom stereocenters. The van der Waals surface area contributed by atoms with Crippen LogP contribution in [-0.4, -0.2) is 180 Å². The number of fused-ring (bicyclic) bond motifs is 1. The quantitative estimate of drug-likeness (QED) is 0.0220. The predicted octanol–water partition coefficient (Wildman–Crippen LogP) is 6.42. The van der Waals surface area contributed by atoms with Crippen molar-refractivity contribution in [3.8, 4) is 0 Å². The van der Waals surface area contributed by atoms with Crippen LogP contribution in [0.1, 0.15) is 130 Å². The first kappa shape index (κ1) is 76.1.